The molecule has 0 spiro atoms. The molecule has 1 atom stereocenters. The molecule has 1 aliphatic heterocycles. The Morgan fingerprint density at radius 1 is 1.05 bits per heavy atom. The Bertz CT molecular complexity index is 381. The molecular weight excluding hydrogens is 238 g/mol. The van der Waals surface area contributed by atoms with E-state index in [0.717, 1.165) is 24.7 Å². The van der Waals surface area contributed by atoms with Crippen LogP contribution in [0.3, 0.4) is 0 Å². The van der Waals surface area contributed by atoms with E-state index >= 15 is 0 Å². The second-order valence-electron chi connectivity index (χ2n) is 5.72. The molecule has 2 fully saturated rings. The van der Waals surface area contributed by atoms with E-state index in [1.54, 1.807) is 0 Å². The molecule has 0 bridgehead atoms. The summed E-state index contributed by atoms with van der Waals surface area (Å²) in [5, 5.41) is 3.42. The van der Waals surface area contributed by atoms with Gasteiger partial charge in [-0.15, -0.1) is 0 Å². The Kier molecular flexibility index (Phi) is 4.28. The van der Waals surface area contributed by atoms with E-state index in [1.807, 2.05) is 12.4 Å². The summed E-state index contributed by atoms with van der Waals surface area (Å²) in [5.74, 6) is 2.37. The van der Waals surface area contributed by atoms with Crippen LogP contribution in [0.2, 0.25) is 0 Å². The van der Waals surface area contributed by atoms with Gasteiger partial charge in [0.2, 0.25) is 0 Å². The molecule has 1 saturated carbocycles. The van der Waals surface area contributed by atoms with Crippen molar-refractivity contribution in [2.24, 2.45) is 0 Å². The second kappa shape index (κ2) is 6.33. The molecule has 1 saturated heterocycles. The second-order valence-corrected chi connectivity index (χ2v) is 5.72. The first-order chi connectivity index (χ1) is 9.42. The maximum Gasteiger partial charge on any atom is 0.155 e. The third kappa shape index (κ3) is 3.44. The molecule has 1 aromatic heterocycles. The number of rotatable bonds is 4. The molecule has 104 valence electrons. The van der Waals surface area contributed by atoms with Gasteiger partial charge < -0.3 is 10.1 Å². The molecule has 0 aromatic carbocycles. The number of hydrogen-bond acceptors (Lipinski definition) is 4. The first-order valence-electron chi connectivity index (χ1n) is 7.60. The number of hydrogen-bond donors (Lipinski definition) is 1. The zero-order chi connectivity index (χ0) is 12.9. The van der Waals surface area contributed by atoms with Gasteiger partial charge in [-0.25, -0.2) is 9.97 Å². The smallest absolute Gasteiger partial charge is 0.155 e. The average Bonchev–Trinajstić information content (AvgIpc) is 3.00. The fourth-order valence-corrected chi connectivity index (χ4v) is 3.07. The normalized spacial score (nSPS) is 24.5. The predicted molar refractivity (Wildman–Crippen MR) is 74.4 cm³/mol. The highest BCUT2D eigenvalue weighted by atomic mass is 16.5. The largest absolute Gasteiger partial charge is 0.489 e. The van der Waals surface area contributed by atoms with Gasteiger partial charge in [0.15, 0.2) is 5.75 Å². The van der Waals surface area contributed by atoms with E-state index in [4.69, 9.17) is 4.74 Å². The van der Waals surface area contributed by atoms with Crippen molar-refractivity contribution in [3.8, 4) is 5.75 Å². The van der Waals surface area contributed by atoms with Crippen LogP contribution < -0.4 is 10.1 Å². The third-order valence-corrected chi connectivity index (χ3v) is 4.23. The lowest BCUT2D eigenvalue weighted by Gasteiger charge is -2.20. The standard InChI is InChI=1S/C15H23N3O/c1-2-5-12(6-3-1)15-17-9-14(10-18-15)19-11-13-7-4-8-16-13/h9-10,12-13,16H,1-8,11H2. The molecule has 2 heterocycles. The Morgan fingerprint density at radius 3 is 2.53 bits per heavy atom. The van der Waals surface area contributed by atoms with Gasteiger partial charge >= 0.3 is 0 Å². The van der Waals surface area contributed by atoms with E-state index in [-0.39, 0.29) is 0 Å². The van der Waals surface area contributed by atoms with Crippen LogP contribution in [0.25, 0.3) is 0 Å². The van der Waals surface area contributed by atoms with Crippen LogP contribution >= 0.6 is 0 Å². The summed E-state index contributed by atoms with van der Waals surface area (Å²) in [6, 6.07) is 0.498. The molecule has 0 amide bonds. The number of nitrogens with one attached hydrogen (secondary N) is 1. The van der Waals surface area contributed by atoms with Crippen molar-refractivity contribution >= 4 is 0 Å². The maximum atomic E-state index is 5.74. The summed E-state index contributed by atoms with van der Waals surface area (Å²) in [5.41, 5.74) is 0. The first kappa shape index (κ1) is 12.9. The summed E-state index contributed by atoms with van der Waals surface area (Å²) in [6.45, 7) is 1.84. The molecule has 2 aliphatic rings. The van der Waals surface area contributed by atoms with Crippen molar-refractivity contribution in [1.29, 1.82) is 0 Å². The lowest BCUT2D eigenvalue weighted by Crippen LogP contribution is -2.28. The predicted octanol–water partition coefficient (Wildman–Crippen LogP) is 2.66. The van der Waals surface area contributed by atoms with E-state index in [1.165, 1.54) is 44.9 Å². The van der Waals surface area contributed by atoms with Crippen LogP contribution in [0.4, 0.5) is 0 Å². The van der Waals surface area contributed by atoms with Crippen molar-refractivity contribution < 1.29 is 4.74 Å². The Labute approximate surface area is 115 Å². The van der Waals surface area contributed by atoms with Crippen molar-refractivity contribution in [2.45, 2.75) is 56.9 Å². The summed E-state index contributed by atoms with van der Waals surface area (Å²) in [4.78, 5) is 8.98. The molecule has 1 aliphatic carbocycles. The minimum Gasteiger partial charge on any atom is -0.489 e. The Hall–Kier alpha value is -1.16. The van der Waals surface area contributed by atoms with Crippen LogP contribution in [0.1, 0.15) is 56.7 Å². The number of aromatic nitrogens is 2. The molecule has 19 heavy (non-hydrogen) atoms. The van der Waals surface area contributed by atoms with Crippen molar-refractivity contribution in [3.63, 3.8) is 0 Å². The van der Waals surface area contributed by atoms with Gasteiger partial charge in [0.1, 0.15) is 12.4 Å². The van der Waals surface area contributed by atoms with E-state index in [0.29, 0.717) is 12.0 Å². The zero-order valence-corrected chi connectivity index (χ0v) is 11.5. The molecule has 0 radical (unpaired) electrons. The summed E-state index contributed by atoms with van der Waals surface area (Å²) < 4.78 is 5.74. The van der Waals surface area contributed by atoms with Gasteiger partial charge in [-0.2, -0.15) is 0 Å². The van der Waals surface area contributed by atoms with Crippen molar-refractivity contribution in [1.82, 2.24) is 15.3 Å². The molecular formula is C15H23N3O. The van der Waals surface area contributed by atoms with Crippen molar-refractivity contribution in [3.05, 3.63) is 18.2 Å². The zero-order valence-electron chi connectivity index (χ0n) is 11.5. The molecule has 3 rings (SSSR count). The fraction of sp³-hybridized carbons (Fsp3) is 0.733. The van der Waals surface area contributed by atoms with Gasteiger partial charge in [0, 0.05) is 12.0 Å². The maximum absolute atomic E-state index is 5.74. The van der Waals surface area contributed by atoms with E-state index in [2.05, 4.69) is 15.3 Å². The van der Waals surface area contributed by atoms with Gasteiger partial charge in [-0.05, 0) is 32.2 Å². The van der Waals surface area contributed by atoms with Crippen LogP contribution in [0.15, 0.2) is 12.4 Å². The van der Waals surface area contributed by atoms with Gasteiger partial charge in [-0.3, -0.25) is 0 Å². The van der Waals surface area contributed by atoms with E-state index < -0.39 is 0 Å². The van der Waals surface area contributed by atoms with Gasteiger partial charge in [-0.1, -0.05) is 19.3 Å². The topological polar surface area (TPSA) is 47.0 Å². The molecule has 1 unspecified atom stereocenters. The average molecular weight is 261 g/mol. The van der Waals surface area contributed by atoms with Gasteiger partial charge in [0.25, 0.3) is 0 Å². The Morgan fingerprint density at radius 2 is 1.84 bits per heavy atom. The Balaban J connectivity index is 1.52. The number of nitrogens with zero attached hydrogens (tertiary/aromatic N) is 2. The van der Waals surface area contributed by atoms with Crippen LogP contribution in [0, 0.1) is 0 Å². The fourth-order valence-electron chi connectivity index (χ4n) is 3.07. The summed E-state index contributed by atoms with van der Waals surface area (Å²) >= 11 is 0. The highest BCUT2D eigenvalue weighted by Gasteiger charge is 2.18. The summed E-state index contributed by atoms with van der Waals surface area (Å²) in [7, 11) is 0. The molecule has 4 heteroatoms. The summed E-state index contributed by atoms with van der Waals surface area (Å²) in [6.07, 6.45) is 12.6. The third-order valence-electron chi connectivity index (χ3n) is 4.23. The lowest BCUT2D eigenvalue weighted by atomic mass is 9.89. The molecule has 4 nitrogen and oxygen atoms in total. The monoisotopic (exact) mass is 261 g/mol. The van der Waals surface area contributed by atoms with Crippen molar-refractivity contribution in [2.75, 3.05) is 13.2 Å². The highest BCUT2D eigenvalue weighted by Crippen LogP contribution is 2.30. The van der Waals surface area contributed by atoms with E-state index in [9.17, 15) is 0 Å². The molecule has 1 aromatic rings. The minimum absolute atomic E-state index is 0.498. The highest BCUT2D eigenvalue weighted by molar-refractivity contribution is 5.14. The quantitative estimate of drug-likeness (QED) is 0.905. The number of ether oxygens (including phenoxy) is 1. The van der Waals surface area contributed by atoms with Crippen LogP contribution in [-0.4, -0.2) is 29.2 Å². The lowest BCUT2D eigenvalue weighted by molar-refractivity contribution is 0.274. The first-order valence-corrected chi connectivity index (χ1v) is 7.60. The van der Waals surface area contributed by atoms with Crippen LogP contribution in [0.5, 0.6) is 5.75 Å². The van der Waals surface area contributed by atoms with Gasteiger partial charge in [0.05, 0.1) is 12.4 Å². The SMILES string of the molecule is c1nc(C2CCCCC2)ncc1OCC1CCCN1. The van der Waals surface area contributed by atoms with Crippen LogP contribution in [-0.2, 0) is 0 Å². The molecule has 1 N–H and O–H groups in total. The minimum atomic E-state index is 0.498.